The van der Waals surface area contributed by atoms with Gasteiger partial charge in [-0.15, -0.1) is 5.10 Å². The van der Waals surface area contributed by atoms with Gasteiger partial charge < -0.3 is 4.74 Å². The summed E-state index contributed by atoms with van der Waals surface area (Å²) in [6, 6.07) is 6.62. The zero-order chi connectivity index (χ0) is 12.4. The van der Waals surface area contributed by atoms with Gasteiger partial charge in [-0.1, -0.05) is 12.1 Å². The van der Waals surface area contributed by atoms with E-state index in [1.165, 1.54) is 6.07 Å². The molecule has 0 bridgehead atoms. The van der Waals surface area contributed by atoms with Crippen LogP contribution in [0.1, 0.15) is 19.9 Å². The van der Waals surface area contributed by atoms with Crippen LogP contribution in [-0.2, 0) is 0 Å². The lowest BCUT2D eigenvalue weighted by atomic mass is 10.3. The van der Waals surface area contributed by atoms with Gasteiger partial charge in [-0.25, -0.2) is 9.07 Å². The maximum atomic E-state index is 13.4. The molecule has 0 spiro atoms. The fourth-order valence-electron chi connectivity index (χ4n) is 1.32. The van der Waals surface area contributed by atoms with Gasteiger partial charge in [-0.2, -0.15) is 4.98 Å². The van der Waals surface area contributed by atoms with Crippen molar-refractivity contribution in [2.75, 3.05) is 0 Å². The molecular formula is C11H11FIN3O. The summed E-state index contributed by atoms with van der Waals surface area (Å²) < 4.78 is 21.1. The smallest absolute Gasteiger partial charge is 0.321 e. The minimum Gasteiger partial charge on any atom is -0.421 e. The molecule has 1 aromatic carbocycles. The molecule has 0 saturated heterocycles. The van der Waals surface area contributed by atoms with Crippen LogP contribution >= 0.6 is 22.6 Å². The first kappa shape index (κ1) is 12.3. The van der Waals surface area contributed by atoms with Gasteiger partial charge in [0, 0.05) is 22.6 Å². The van der Waals surface area contributed by atoms with E-state index >= 15 is 0 Å². The number of ether oxygens (including phenoxy) is 1. The van der Waals surface area contributed by atoms with Gasteiger partial charge in [-0.05, 0) is 26.0 Å². The fraction of sp³-hybridized carbons (Fsp3) is 0.273. The van der Waals surface area contributed by atoms with E-state index in [-0.39, 0.29) is 11.8 Å². The van der Waals surface area contributed by atoms with Crippen molar-refractivity contribution in [1.29, 1.82) is 0 Å². The summed E-state index contributed by atoms with van der Waals surface area (Å²) in [4.78, 5) is 4.12. The van der Waals surface area contributed by atoms with Crippen LogP contribution in [-0.4, -0.2) is 14.8 Å². The Kier molecular flexibility index (Phi) is 3.60. The standard InChI is InChI=1S/C11H11FIN3O/c1-7(2)16-11(14-10(13)15-16)17-9-6-4-3-5-8(9)12/h3-7H,1-2H3. The van der Waals surface area contributed by atoms with Gasteiger partial charge >= 0.3 is 6.01 Å². The van der Waals surface area contributed by atoms with Crippen LogP contribution in [0.25, 0.3) is 0 Å². The summed E-state index contributed by atoms with van der Waals surface area (Å²) in [5.74, 6) is -0.265. The Morgan fingerprint density at radius 3 is 2.71 bits per heavy atom. The second kappa shape index (κ2) is 4.99. The zero-order valence-electron chi connectivity index (χ0n) is 9.39. The van der Waals surface area contributed by atoms with Crippen molar-refractivity contribution in [2.45, 2.75) is 19.9 Å². The van der Waals surface area contributed by atoms with Crippen LogP contribution < -0.4 is 4.74 Å². The maximum Gasteiger partial charge on any atom is 0.321 e. The molecule has 0 fully saturated rings. The Labute approximate surface area is 112 Å². The van der Waals surface area contributed by atoms with E-state index in [2.05, 4.69) is 10.1 Å². The van der Waals surface area contributed by atoms with Crippen LogP contribution in [0, 0.1) is 9.65 Å². The van der Waals surface area contributed by atoms with E-state index in [4.69, 9.17) is 4.74 Å². The van der Waals surface area contributed by atoms with Gasteiger partial charge in [0.05, 0.1) is 6.04 Å². The minimum atomic E-state index is -0.416. The van der Waals surface area contributed by atoms with E-state index in [9.17, 15) is 4.39 Å². The van der Waals surface area contributed by atoms with Crippen molar-refractivity contribution in [3.8, 4) is 11.8 Å². The van der Waals surface area contributed by atoms with E-state index in [0.717, 1.165) is 0 Å². The van der Waals surface area contributed by atoms with Crippen LogP contribution in [0.3, 0.4) is 0 Å². The molecule has 6 heteroatoms. The third-order valence-corrected chi connectivity index (χ3v) is 2.56. The number of para-hydroxylation sites is 1. The van der Waals surface area contributed by atoms with Gasteiger partial charge in [0.1, 0.15) is 0 Å². The molecule has 90 valence electrons. The predicted octanol–water partition coefficient (Wildman–Crippen LogP) is 3.40. The lowest BCUT2D eigenvalue weighted by molar-refractivity contribution is 0.360. The second-order valence-electron chi connectivity index (χ2n) is 3.73. The Morgan fingerprint density at radius 1 is 1.35 bits per heavy atom. The third-order valence-electron chi connectivity index (χ3n) is 2.10. The monoisotopic (exact) mass is 347 g/mol. The molecule has 1 heterocycles. The summed E-state index contributed by atoms with van der Waals surface area (Å²) in [6.45, 7) is 3.91. The van der Waals surface area contributed by atoms with Crippen molar-refractivity contribution < 1.29 is 9.13 Å². The number of rotatable bonds is 3. The molecule has 0 aliphatic carbocycles. The summed E-state index contributed by atoms with van der Waals surface area (Å²) in [7, 11) is 0. The summed E-state index contributed by atoms with van der Waals surface area (Å²) in [5.41, 5.74) is 0. The SMILES string of the molecule is CC(C)n1nc(I)nc1Oc1ccccc1F. The first-order valence-corrected chi connectivity index (χ1v) is 6.20. The van der Waals surface area contributed by atoms with E-state index in [1.807, 2.05) is 36.4 Å². The normalized spacial score (nSPS) is 10.9. The molecule has 0 radical (unpaired) electrons. The number of aromatic nitrogens is 3. The molecule has 0 N–H and O–H groups in total. The van der Waals surface area contributed by atoms with Gasteiger partial charge in [0.25, 0.3) is 0 Å². The maximum absolute atomic E-state index is 13.4. The topological polar surface area (TPSA) is 39.9 Å². The van der Waals surface area contributed by atoms with Crippen molar-refractivity contribution >= 4 is 22.6 Å². The number of hydrogen-bond acceptors (Lipinski definition) is 3. The van der Waals surface area contributed by atoms with Crippen LogP contribution in [0.4, 0.5) is 4.39 Å². The lowest BCUT2D eigenvalue weighted by Gasteiger charge is -2.09. The third kappa shape index (κ3) is 2.74. The highest BCUT2D eigenvalue weighted by Crippen LogP contribution is 2.24. The molecule has 0 saturated carbocycles. The Morgan fingerprint density at radius 2 is 2.06 bits per heavy atom. The van der Waals surface area contributed by atoms with Crippen molar-refractivity contribution in [3.63, 3.8) is 0 Å². The van der Waals surface area contributed by atoms with Gasteiger partial charge in [0.15, 0.2) is 11.6 Å². The average Bonchev–Trinajstić information content (AvgIpc) is 2.63. The second-order valence-corrected chi connectivity index (χ2v) is 4.70. The molecule has 0 unspecified atom stereocenters. The van der Waals surface area contributed by atoms with Crippen molar-refractivity contribution in [2.24, 2.45) is 0 Å². The number of benzene rings is 1. The van der Waals surface area contributed by atoms with Crippen LogP contribution in [0.2, 0.25) is 0 Å². The lowest BCUT2D eigenvalue weighted by Crippen LogP contribution is -2.05. The summed E-state index contributed by atoms with van der Waals surface area (Å²) in [6.07, 6.45) is 0. The fourth-order valence-corrected chi connectivity index (χ4v) is 1.75. The number of halogens is 2. The van der Waals surface area contributed by atoms with E-state index in [0.29, 0.717) is 9.84 Å². The summed E-state index contributed by atoms with van der Waals surface area (Å²) >= 11 is 1.99. The first-order valence-electron chi connectivity index (χ1n) is 5.12. The molecule has 1 aromatic heterocycles. The Balaban J connectivity index is 2.33. The Hall–Kier alpha value is -1.18. The highest BCUT2D eigenvalue weighted by Gasteiger charge is 2.14. The zero-order valence-corrected chi connectivity index (χ0v) is 11.6. The van der Waals surface area contributed by atoms with Crippen molar-refractivity contribution in [3.05, 3.63) is 33.9 Å². The first-order chi connectivity index (χ1) is 8.08. The highest BCUT2D eigenvalue weighted by molar-refractivity contribution is 14.1. The van der Waals surface area contributed by atoms with Crippen LogP contribution in [0.5, 0.6) is 11.8 Å². The molecule has 2 rings (SSSR count). The quantitative estimate of drug-likeness (QED) is 0.799. The van der Waals surface area contributed by atoms with E-state index < -0.39 is 5.82 Å². The highest BCUT2D eigenvalue weighted by atomic mass is 127. The summed E-state index contributed by atoms with van der Waals surface area (Å²) in [5, 5.41) is 4.18. The largest absolute Gasteiger partial charge is 0.421 e. The predicted molar refractivity (Wildman–Crippen MR) is 69.6 cm³/mol. The minimum absolute atomic E-state index is 0.104. The van der Waals surface area contributed by atoms with Gasteiger partial charge in [-0.3, -0.25) is 0 Å². The van der Waals surface area contributed by atoms with Gasteiger partial charge in [0.2, 0.25) is 3.83 Å². The molecular weight excluding hydrogens is 336 g/mol. The molecule has 0 amide bonds. The molecule has 4 nitrogen and oxygen atoms in total. The van der Waals surface area contributed by atoms with Crippen LogP contribution in [0.15, 0.2) is 24.3 Å². The number of hydrogen-bond donors (Lipinski definition) is 0. The number of nitrogens with zero attached hydrogens (tertiary/aromatic N) is 3. The van der Waals surface area contributed by atoms with Crippen molar-refractivity contribution in [1.82, 2.24) is 14.8 Å². The molecule has 0 aliphatic heterocycles. The molecule has 0 atom stereocenters. The molecule has 17 heavy (non-hydrogen) atoms. The average molecular weight is 347 g/mol. The van der Waals surface area contributed by atoms with E-state index in [1.54, 1.807) is 22.9 Å². The Bertz CT molecular complexity index is 527. The molecule has 2 aromatic rings. The molecule has 0 aliphatic rings.